The van der Waals surface area contributed by atoms with Gasteiger partial charge in [0.05, 0.1) is 32.1 Å². The molecule has 54 heavy (non-hydrogen) atoms. The van der Waals surface area contributed by atoms with Crippen LogP contribution in [0.1, 0.15) is 22.3 Å². The summed E-state index contributed by atoms with van der Waals surface area (Å²) in [5, 5.41) is 13.9. The summed E-state index contributed by atoms with van der Waals surface area (Å²) in [7, 11) is 5.89. The summed E-state index contributed by atoms with van der Waals surface area (Å²) >= 11 is 14.4. The number of benzene rings is 4. The highest BCUT2D eigenvalue weighted by molar-refractivity contribution is 9.11. The van der Waals surface area contributed by atoms with Gasteiger partial charge in [0.1, 0.15) is 37.1 Å². The van der Waals surface area contributed by atoms with E-state index in [9.17, 15) is 9.59 Å². The lowest BCUT2D eigenvalue weighted by Crippen LogP contribution is -2.34. The van der Waals surface area contributed by atoms with E-state index in [4.69, 9.17) is 28.6 Å². The second-order valence-corrected chi connectivity index (χ2v) is 15.2. The van der Waals surface area contributed by atoms with Crippen molar-refractivity contribution in [2.24, 2.45) is 10.3 Å². The number of methoxy groups -OCH3 is 2. The Bertz CT molecular complexity index is 2090. The van der Waals surface area contributed by atoms with Gasteiger partial charge in [-0.15, -0.1) is 0 Å². The van der Waals surface area contributed by atoms with Crippen molar-refractivity contribution in [1.29, 1.82) is 0 Å². The minimum absolute atomic E-state index is 0.127. The molecule has 16 heteroatoms. The second-order valence-electron chi connectivity index (χ2n) is 11.8. The molecule has 4 aromatic rings. The first-order valence-corrected chi connectivity index (χ1v) is 19.6. The van der Waals surface area contributed by atoms with Crippen LogP contribution >= 0.6 is 63.7 Å². The molecule has 0 radical (unpaired) electrons. The molecule has 0 saturated carbocycles. The number of oxime groups is 2. The van der Waals surface area contributed by atoms with Gasteiger partial charge in [0, 0.05) is 25.9 Å². The van der Waals surface area contributed by atoms with Crippen molar-refractivity contribution in [3.63, 3.8) is 0 Å². The summed E-state index contributed by atoms with van der Waals surface area (Å²) in [4.78, 5) is 36.7. The van der Waals surface area contributed by atoms with Gasteiger partial charge < -0.3 is 39.3 Å². The molecule has 3 heterocycles. The number of nitrogens with zero attached hydrogens (tertiary/aromatic N) is 2. The van der Waals surface area contributed by atoms with Crippen molar-refractivity contribution >= 4 is 87.0 Å². The lowest BCUT2D eigenvalue weighted by atomic mass is 10.1. The maximum absolute atomic E-state index is 13.4. The topological polar surface area (TPSA) is 138 Å². The van der Waals surface area contributed by atoms with Crippen molar-refractivity contribution in [2.45, 2.75) is 25.7 Å². The maximum atomic E-state index is 13.4. The summed E-state index contributed by atoms with van der Waals surface area (Å²) < 4.78 is 26.6. The summed E-state index contributed by atoms with van der Waals surface area (Å²) in [6.45, 7) is 0.664. The maximum Gasteiger partial charge on any atom is 0.269 e. The second kappa shape index (κ2) is 19.5. The van der Waals surface area contributed by atoms with E-state index in [1.165, 1.54) is 21.3 Å². The number of fused-ring (bicyclic) bond motifs is 2. The van der Waals surface area contributed by atoms with Gasteiger partial charge in [-0.2, -0.15) is 0 Å². The molecular formula is C38H36Br4N4O8. The van der Waals surface area contributed by atoms with Gasteiger partial charge in [0.2, 0.25) is 0 Å². The average Bonchev–Trinajstić information content (AvgIpc) is 3.13. The minimum atomic E-state index is -0.393. The highest BCUT2D eigenvalue weighted by Gasteiger charge is 2.21. The molecule has 3 aliphatic rings. The lowest BCUT2D eigenvalue weighted by Gasteiger charge is -2.16. The molecule has 0 aliphatic carbocycles. The fraction of sp³-hybridized carbons (Fsp3) is 0.263. The Morgan fingerprint density at radius 1 is 0.537 bits per heavy atom. The van der Waals surface area contributed by atoms with Gasteiger partial charge >= 0.3 is 0 Å². The SMILES string of the molecule is CO/N=C1\Cc2ccc(c(Br)c2)Oc2cc(cc(Br)c2OC)C/C(=N\OC)C(=O)NCCc2cc(Br)c(OC)c(c2)Oc2ccc(cc2Br)CCNC1=O. The van der Waals surface area contributed by atoms with Crippen LogP contribution in [-0.2, 0) is 44.9 Å². The summed E-state index contributed by atoms with van der Waals surface area (Å²) in [6.07, 6.45) is 1.36. The monoisotopic (exact) mass is 992 g/mol. The van der Waals surface area contributed by atoms with Gasteiger partial charge in [-0.25, -0.2) is 0 Å². The van der Waals surface area contributed by atoms with Gasteiger partial charge in [-0.1, -0.05) is 22.4 Å². The first kappa shape index (κ1) is 41.1. The van der Waals surface area contributed by atoms with Crippen molar-refractivity contribution in [3.05, 3.63) is 101 Å². The van der Waals surface area contributed by atoms with Crippen molar-refractivity contribution in [2.75, 3.05) is 41.5 Å². The highest BCUT2D eigenvalue weighted by atomic mass is 79.9. The zero-order valence-electron chi connectivity index (χ0n) is 29.7. The van der Waals surface area contributed by atoms with Crippen LogP contribution in [-0.4, -0.2) is 64.8 Å². The summed E-state index contributed by atoms with van der Waals surface area (Å²) in [5.74, 6) is 2.16. The number of halogens is 4. The predicted octanol–water partition coefficient (Wildman–Crippen LogP) is 8.46. The van der Waals surface area contributed by atoms with Crippen LogP contribution in [0.3, 0.4) is 0 Å². The quantitative estimate of drug-likeness (QED) is 0.195. The minimum Gasteiger partial charge on any atom is -0.492 e. The molecule has 0 atom stereocenters. The van der Waals surface area contributed by atoms with E-state index in [-0.39, 0.29) is 30.2 Å². The molecule has 12 nitrogen and oxygen atoms in total. The molecule has 0 saturated heterocycles. The van der Waals surface area contributed by atoms with E-state index in [1.807, 2.05) is 48.5 Å². The molecular weight excluding hydrogens is 960 g/mol. The normalized spacial score (nSPS) is 15.7. The Morgan fingerprint density at radius 3 is 1.46 bits per heavy atom. The van der Waals surface area contributed by atoms with Crippen LogP contribution < -0.4 is 29.6 Å². The fourth-order valence-corrected chi connectivity index (χ4v) is 7.87. The van der Waals surface area contributed by atoms with Crippen LogP contribution in [0.5, 0.6) is 34.5 Å². The third-order valence-corrected chi connectivity index (χ3v) is 10.5. The van der Waals surface area contributed by atoms with E-state index in [2.05, 4.69) is 84.7 Å². The van der Waals surface area contributed by atoms with Crippen molar-refractivity contribution in [3.8, 4) is 34.5 Å². The molecule has 3 aliphatic heterocycles. The number of ether oxygens (including phenoxy) is 4. The van der Waals surface area contributed by atoms with E-state index >= 15 is 0 Å². The smallest absolute Gasteiger partial charge is 0.269 e. The Kier molecular flexibility index (Phi) is 14.8. The number of amides is 2. The van der Waals surface area contributed by atoms with E-state index < -0.39 is 5.91 Å². The van der Waals surface area contributed by atoms with Crippen molar-refractivity contribution < 1.29 is 38.2 Å². The molecule has 4 aromatic carbocycles. The molecule has 2 amide bonds. The van der Waals surface area contributed by atoms with Crippen molar-refractivity contribution in [1.82, 2.24) is 10.6 Å². The van der Waals surface area contributed by atoms with Gasteiger partial charge in [-0.3, -0.25) is 9.59 Å². The highest BCUT2D eigenvalue weighted by Crippen LogP contribution is 2.42. The van der Waals surface area contributed by atoms with Gasteiger partial charge in [-0.05, 0) is 147 Å². The third-order valence-electron chi connectivity index (χ3n) is 8.05. The Hall–Kier alpha value is -4.12. The Labute approximate surface area is 346 Å². The van der Waals surface area contributed by atoms with E-state index in [0.717, 1.165) is 21.2 Å². The first-order valence-electron chi connectivity index (χ1n) is 16.4. The Morgan fingerprint density at radius 2 is 0.963 bits per heavy atom. The fourth-order valence-electron chi connectivity index (χ4n) is 5.55. The van der Waals surface area contributed by atoms with Gasteiger partial charge in [0.25, 0.3) is 11.8 Å². The van der Waals surface area contributed by atoms with Crippen LogP contribution in [0.15, 0.2) is 88.9 Å². The van der Waals surface area contributed by atoms with Crippen LogP contribution in [0.25, 0.3) is 0 Å². The van der Waals surface area contributed by atoms with Gasteiger partial charge in [0.15, 0.2) is 23.0 Å². The van der Waals surface area contributed by atoms with Crippen LogP contribution in [0, 0.1) is 0 Å². The number of carbonyl (C=O) groups is 2. The van der Waals surface area contributed by atoms with Crippen LogP contribution in [0.4, 0.5) is 0 Å². The predicted molar refractivity (Wildman–Crippen MR) is 220 cm³/mol. The number of hydrogen-bond acceptors (Lipinski definition) is 10. The molecule has 8 bridgehead atoms. The number of rotatable bonds is 4. The number of nitrogens with one attached hydrogen (secondary N) is 2. The number of hydrogen-bond donors (Lipinski definition) is 2. The molecule has 0 unspecified atom stereocenters. The molecule has 0 aromatic heterocycles. The summed E-state index contributed by atoms with van der Waals surface area (Å²) in [6, 6.07) is 18.5. The molecule has 2 N–H and O–H groups in total. The van der Waals surface area contributed by atoms with E-state index in [0.29, 0.717) is 79.4 Å². The van der Waals surface area contributed by atoms with E-state index in [1.54, 1.807) is 19.2 Å². The molecule has 0 fully saturated rings. The number of carbonyl (C=O) groups excluding carboxylic acids is 2. The molecule has 284 valence electrons. The standard InChI is InChI=1S/C38H36Br4N4O8/c1-49-35-27(41)15-23-10-12-44-38(48)30(46-52-4)18-24-16-28(42)36(50-2)34(20-24)54-32-8-6-22(14-26(32)40)17-29(45-51-3)37(47)43-11-9-21-5-7-31(25(39)13-21)53-33(35)19-23/h5-8,13-16,19-20H,9-12,17-18H2,1-4H3,(H,43,47)(H,44,48)/b45-29+,46-30+. The molecule has 7 rings (SSSR count). The Balaban J connectivity index is 1.50. The zero-order valence-corrected chi connectivity index (χ0v) is 36.0. The zero-order chi connectivity index (χ0) is 38.8. The molecule has 0 spiro atoms. The largest absolute Gasteiger partial charge is 0.492 e. The first-order chi connectivity index (χ1) is 26.0. The lowest BCUT2D eigenvalue weighted by molar-refractivity contribution is -0.115. The van der Waals surface area contributed by atoms with Crippen LogP contribution in [0.2, 0.25) is 0 Å². The third kappa shape index (κ3) is 10.5. The summed E-state index contributed by atoms with van der Waals surface area (Å²) in [5.41, 5.74) is 3.71. The average molecular weight is 996 g/mol.